The summed E-state index contributed by atoms with van der Waals surface area (Å²) in [5.74, 6) is -1.79. The first-order valence-corrected chi connectivity index (χ1v) is 10.5. The van der Waals surface area contributed by atoms with Crippen LogP contribution >= 0.6 is 11.5 Å². The highest BCUT2D eigenvalue weighted by atomic mass is 32.1. The van der Waals surface area contributed by atoms with Crippen LogP contribution in [0.25, 0.3) is 0 Å². The van der Waals surface area contributed by atoms with Crippen LogP contribution in [0.4, 0.5) is 11.4 Å². The topological polar surface area (TPSA) is 147 Å². The summed E-state index contributed by atoms with van der Waals surface area (Å²) in [5, 5.41) is 19.9. The number of carbonyl (C=O) groups excluding carboxylic acids is 3. The average Bonchev–Trinajstić information content (AvgIpc) is 3.18. The van der Waals surface area contributed by atoms with Gasteiger partial charge < -0.3 is 15.5 Å². The predicted molar refractivity (Wildman–Crippen MR) is 113 cm³/mol. The van der Waals surface area contributed by atoms with Crippen molar-refractivity contribution in [2.75, 3.05) is 25.0 Å². The van der Waals surface area contributed by atoms with Crippen molar-refractivity contribution in [3.63, 3.8) is 0 Å². The molecule has 0 saturated carbocycles. The molecular weight excluding hydrogens is 424 g/mol. The smallest absolute Gasteiger partial charge is 0.313 e. The van der Waals surface area contributed by atoms with Gasteiger partial charge in [0.2, 0.25) is 0 Å². The first-order chi connectivity index (χ1) is 14.8. The Morgan fingerprint density at radius 3 is 2.55 bits per heavy atom. The van der Waals surface area contributed by atoms with E-state index in [1.807, 2.05) is 0 Å². The zero-order chi connectivity index (χ0) is 22.5. The number of hydrogen-bond acceptors (Lipinski definition) is 8. The molecule has 164 valence electrons. The molecule has 2 heterocycles. The van der Waals surface area contributed by atoms with E-state index < -0.39 is 16.7 Å². The van der Waals surface area contributed by atoms with Gasteiger partial charge in [0.1, 0.15) is 10.6 Å². The first kappa shape index (κ1) is 22.3. The van der Waals surface area contributed by atoms with Crippen molar-refractivity contribution < 1.29 is 19.3 Å². The molecule has 31 heavy (non-hydrogen) atoms. The Labute approximate surface area is 182 Å². The molecule has 0 bridgehead atoms. The SMILES string of the molecule is Cc1ccc(NC(=O)C(=O)NCC2CCN(C(=O)c3snnc3C)CC2)c([N+](=O)[O-])c1. The van der Waals surface area contributed by atoms with Crippen molar-refractivity contribution in [1.29, 1.82) is 0 Å². The number of likely N-dealkylation sites (tertiary alicyclic amines) is 1. The molecule has 0 radical (unpaired) electrons. The normalized spacial score (nSPS) is 14.2. The van der Waals surface area contributed by atoms with Gasteiger partial charge in [-0.3, -0.25) is 24.5 Å². The van der Waals surface area contributed by atoms with Crippen molar-refractivity contribution in [3.8, 4) is 0 Å². The summed E-state index contributed by atoms with van der Waals surface area (Å²) >= 11 is 1.08. The zero-order valence-corrected chi connectivity index (χ0v) is 17.9. The maximum atomic E-state index is 12.5. The summed E-state index contributed by atoms with van der Waals surface area (Å²) in [7, 11) is 0. The van der Waals surface area contributed by atoms with E-state index in [0.717, 1.165) is 11.5 Å². The number of rotatable bonds is 5. The van der Waals surface area contributed by atoms with Crippen molar-refractivity contribution in [1.82, 2.24) is 19.8 Å². The molecule has 0 unspecified atom stereocenters. The highest BCUT2D eigenvalue weighted by molar-refractivity contribution is 7.07. The van der Waals surface area contributed by atoms with Crippen LogP contribution in [0.2, 0.25) is 0 Å². The number of nitrogens with zero attached hydrogens (tertiary/aromatic N) is 4. The van der Waals surface area contributed by atoms with E-state index in [9.17, 15) is 24.5 Å². The maximum absolute atomic E-state index is 12.5. The minimum Gasteiger partial charge on any atom is -0.348 e. The Morgan fingerprint density at radius 2 is 1.94 bits per heavy atom. The predicted octanol–water partition coefficient (Wildman–Crippen LogP) is 1.67. The number of nitrogens with one attached hydrogen (secondary N) is 2. The van der Waals surface area contributed by atoms with Crippen LogP contribution in [0, 0.1) is 29.9 Å². The molecular formula is C19H22N6O5S. The van der Waals surface area contributed by atoms with Crippen LogP contribution in [0.15, 0.2) is 18.2 Å². The molecule has 1 aliphatic heterocycles. The minimum absolute atomic E-state index is 0.0320. The average molecular weight is 446 g/mol. The number of nitro groups is 1. The van der Waals surface area contributed by atoms with Gasteiger partial charge in [-0.2, -0.15) is 0 Å². The van der Waals surface area contributed by atoms with E-state index in [1.54, 1.807) is 24.8 Å². The molecule has 3 amide bonds. The zero-order valence-electron chi connectivity index (χ0n) is 17.1. The largest absolute Gasteiger partial charge is 0.348 e. The number of aryl methyl sites for hydroxylation is 2. The molecule has 1 fully saturated rings. The molecule has 0 spiro atoms. The summed E-state index contributed by atoms with van der Waals surface area (Å²) in [5.41, 5.74) is 0.977. The van der Waals surface area contributed by atoms with Crippen molar-refractivity contribution in [2.45, 2.75) is 26.7 Å². The van der Waals surface area contributed by atoms with E-state index in [4.69, 9.17) is 0 Å². The lowest BCUT2D eigenvalue weighted by Gasteiger charge is -2.31. The highest BCUT2D eigenvalue weighted by Gasteiger charge is 2.27. The van der Waals surface area contributed by atoms with Crippen LogP contribution in [-0.4, -0.2) is 56.8 Å². The fourth-order valence-electron chi connectivity index (χ4n) is 3.31. The summed E-state index contributed by atoms with van der Waals surface area (Å²) in [6, 6.07) is 4.33. The van der Waals surface area contributed by atoms with Crippen molar-refractivity contribution in [3.05, 3.63) is 44.4 Å². The van der Waals surface area contributed by atoms with E-state index in [2.05, 4.69) is 20.2 Å². The Bertz CT molecular complexity index is 1010. The first-order valence-electron chi connectivity index (χ1n) is 9.68. The van der Waals surface area contributed by atoms with Crippen molar-refractivity contribution >= 4 is 40.6 Å². The fourth-order valence-corrected chi connectivity index (χ4v) is 3.93. The second-order valence-electron chi connectivity index (χ2n) is 7.36. The van der Waals surface area contributed by atoms with Gasteiger partial charge in [0.15, 0.2) is 0 Å². The Kier molecular flexibility index (Phi) is 6.90. The van der Waals surface area contributed by atoms with Gasteiger partial charge in [-0.25, -0.2) is 0 Å². The third-order valence-corrected chi connectivity index (χ3v) is 5.92. The second-order valence-corrected chi connectivity index (χ2v) is 8.12. The van der Waals surface area contributed by atoms with Gasteiger partial charge >= 0.3 is 11.8 Å². The number of benzene rings is 1. The highest BCUT2D eigenvalue weighted by Crippen LogP contribution is 2.25. The number of hydrogen-bond donors (Lipinski definition) is 2. The number of carbonyl (C=O) groups is 3. The standard InChI is InChI=1S/C19H22N6O5S/c1-11-3-4-14(15(9-11)25(29)30)21-18(27)17(26)20-10-13-5-7-24(8-6-13)19(28)16-12(2)22-23-31-16/h3-4,9,13H,5-8,10H2,1-2H3,(H,20,26)(H,21,27). The van der Waals surface area contributed by atoms with Gasteiger partial charge in [-0.05, 0) is 55.8 Å². The lowest BCUT2D eigenvalue weighted by Crippen LogP contribution is -2.43. The molecule has 0 atom stereocenters. The van der Waals surface area contributed by atoms with Crippen molar-refractivity contribution in [2.24, 2.45) is 5.92 Å². The lowest BCUT2D eigenvalue weighted by atomic mass is 9.96. The minimum atomic E-state index is -0.965. The third kappa shape index (κ3) is 5.40. The van der Waals surface area contributed by atoms with Crippen LogP contribution in [0.3, 0.4) is 0 Å². The summed E-state index contributed by atoms with van der Waals surface area (Å²) in [4.78, 5) is 49.6. The Balaban J connectivity index is 1.47. The quantitative estimate of drug-likeness (QED) is 0.403. The van der Waals surface area contributed by atoms with E-state index >= 15 is 0 Å². The molecule has 11 nitrogen and oxygen atoms in total. The van der Waals surface area contributed by atoms with Crippen LogP contribution in [0.1, 0.15) is 33.8 Å². The van der Waals surface area contributed by atoms with E-state index in [-0.39, 0.29) is 29.7 Å². The monoisotopic (exact) mass is 446 g/mol. The second kappa shape index (κ2) is 9.60. The number of aromatic nitrogens is 2. The molecule has 1 aliphatic rings. The molecule has 2 aromatic rings. The van der Waals surface area contributed by atoms with Gasteiger partial charge in [-0.1, -0.05) is 10.6 Å². The lowest BCUT2D eigenvalue weighted by molar-refractivity contribution is -0.384. The number of nitro benzene ring substituents is 1. The van der Waals surface area contributed by atoms with Gasteiger partial charge in [0, 0.05) is 25.7 Å². The third-order valence-electron chi connectivity index (χ3n) is 5.10. The Morgan fingerprint density at radius 1 is 1.23 bits per heavy atom. The summed E-state index contributed by atoms with van der Waals surface area (Å²) in [6.07, 6.45) is 1.37. The number of amides is 3. The fraction of sp³-hybridized carbons (Fsp3) is 0.421. The van der Waals surface area contributed by atoms with Crippen LogP contribution in [-0.2, 0) is 9.59 Å². The Hall–Kier alpha value is -3.41. The summed E-state index contributed by atoms with van der Waals surface area (Å²) in [6.45, 7) is 4.80. The molecule has 1 saturated heterocycles. The molecule has 0 aliphatic carbocycles. The molecule has 12 heteroatoms. The summed E-state index contributed by atoms with van der Waals surface area (Å²) < 4.78 is 3.79. The van der Waals surface area contributed by atoms with E-state index in [0.29, 0.717) is 42.1 Å². The van der Waals surface area contributed by atoms with E-state index in [1.165, 1.54) is 12.1 Å². The molecule has 3 rings (SSSR count). The molecule has 1 aromatic carbocycles. The van der Waals surface area contributed by atoms with Crippen LogP contribution < -0.4 is 10.6 Å². The van der Waals surface area contributed by atoms with Gasteiger partial charge in [0.25, 0.3) is 11.6 Å². The number of anilines is 1. The number of piperidine rings is 1. The molecule has 2 N–H and O–H groups in total. The maximum Gasteiger partial charge on any atom is 0.313 e. The van der Waals surface area contributed by atoms with Gasteiger partial charge in [-0.15, -0.1) is 5.10 Å². The molecule has 1 aromatic heterocycles. The van der Waals surface area contributed by atoms with Gasteiger partial charge in [0.05, 0.1) is 10.6 Å². The van der Waals surface area contributed by atoms with Crippen LogP contribution in [0.5, 0.6) is 0 Å².